The van der Waals surface area contributed by atoms with Crippen LogP contribution in [0.1, 0.15) is 51.4 Å². The van der Waals surface area contributed by atoms with Gasteiger partial charge < -0.3 is 19.5 Å². The van der Waals surface area contributed by atoms with E-state index < -0.39 is 0 Å². The molecule has 27 heavy (non-hydrogen) atoms. The molecule has 2 heterocycles. The second kappa shape index (κ2) is 7.23. The molecule has 0 radical (unpaired) electrons. The Morgan fingerprint density at radius 1 is 1.30 bits per heavy atom. The molecule has 0 unspecified atom stereocenters. The fourth-order valence-corrected chi connectivity index (χ4v) is 4.87. The molecule has 6 nitrogen and oxygen atoms in total. The summed E-state index contributed by atoms with van der Waals surface area (Å²) in [5.41, 5.74) is 1.99. The Morgan fingerprint density at radius 3 is 2.93 bits per heavy atom. The molecule has 0 saturated carbocycles. The molecule has 1 N–H and O–H groups in total. The van der Waals surface area contributed by atoms with Crippen molar-refractivity contribution in [3.05, 3.63) is 39.8 Å². The number of esters is 1. The minimum absolute atomic E-state index is 0.156. The Labute approximate surface area is 161 Å². The molecule has 7 heteroatoms. The highest BCUT2D eigenvalue weighted by Gasteiger charge is 2.29. The van der Waals surface area contributed by atoms with Gasteiger partial charge >= 0.3 is 5.97 Å². The maximum atomic E-state index is 12.8. The third kappa shape index (κ3) is 3.39. The van der Waals surface area contributed by atoms with Crippen LogP contribution >= 0.6 is 11.3 Å². The zero-order valence-corrected chi connectivity index (χ0v) is 16.1. The van der Waals surface area contributed by atoms with Crippen LogP contribution in [-0.4, -0.2) is 25.3 Å². The molecule has 0 spiro atoms. The third-order valence-corrected chi connectivity index (χ3v) is 6.02. The summed E-state index contributed by atoms with van der Waals surface area (Å²) in [6.07, 6.45) is 2.79. The van der Waals surface area contributed by atoms with E-state index in [9.17, 15) is 9.59 Å². The van der Waals surface area contributed by atoms with Gasteiger partial charge in [-0.3, -0.25) is 4.79 Å². The molecule has 0 saturated heterocycles. The number of amides is 1. The van der Waals surface area contributed by atoms with Crippen molar-refractivity contribution in [2.75, 3.05) is 18.7 Å². The highest BCUT2D eigenvalue weighted by atomic mass is 32.1. The molecule has 1 aromatic heterocycles. The quantitative estimate of drug-likeness (QED) is 0.802. The van der Waals surface area contributed by atoms with Gasteiger partial charge in [-0.15, -0.1) is 11.3 Å². The van der Waals surface area contributed by atoms with Gasteiger partial charge in [0.05, 0.1) is 12.2 Å². The van der Waals surface area contributed by atoms with Crippen LogP contribution in [0.3, 0.4) is 0 Å². The number of carbonyl (C=O) groups is 2. The first-order valence-electron chi connectivity index (χ1n) is 9.09. The zero-order valence-electron chi connectivity index (χ0n) is 15.3. The molecule has 4 rings (SSSR count). The van der Waals surface area contributed by atoms with E-state index in [0.717, 1.165) is 29.7 Å². The summed E-state index contributed by atoms with van der Waals surface area (Å²) in [5, 5.41) is 3.48. The lowest BCUT2D eigenvalue weighted by molar-refractivity contribution is 0.0526. The summed E-state index contributed by atoms with van der Waals surface area (Å²) in [7, 11) is 0. The van der Waals surface area contributed by atoms with Gasteiger partial charge in [-0.2, -0.15) is 0 Å². The number of nitrogens with one attached hydrogen (secondary N) is 1. The summed E-state index contributed by atoms with van der Waals surface area (Å²) < 4.78 is 15.9. The molecule has 2 aliphatic rings. The Hall–Kier alpha value is -2.54. The number of rotatable bonds is 4. The number of carbonyl (C=O) groups excluding carboxylic acids is 2. The van der Waals surface area contributed by atoms with Crippen LogP contribution in [0.5, 0.6) is 11.5 Å². The fourth-order valence-electron chi connectivity index (χ4n) is 3.47. The van der Waals surface area contributed by atoms with Crippen LogP contribution in [-0.2, 0) is 17.6 Å². The minimum Gasteiger partial charge on any atom is -0.462 e. The lowest BCUT2D eigenvalue weighted by atomic mass is 9.88. The van der Waals surface area contributed by atoms with Gasteiger partial charge in [0, 0.05) is 10.4 Å². The number of anilines is 1. The molecule has 142 valence electrons. The summed E-state index contributed by atoms with van der Waals surface area (Å²) in [4.78, 5) is 26.5. The predicted molar refractivity (Wildman–Crippen MR) is 102 cm³/mol. The normalized spacial score (nSPS) is 17.3. The summed E-state index contributed by atoms with van der Waals surface area (Å²) in [6, 6.07) is 5.05. The summed E-state index contributed by atoms with van der Waals surface area (Å²) in [6.45, 7) is 4.44. The smallest absolute Gasteiger partial charge is 0.341 e. The van der Waals surface area contributed by atoms with Crippen LogP contribution in [0.15, 0.2) is 18.2 Å². The second-order valence-electron chi connectivity index (χ2n) is 6.80. The predicted octanol–water partition coefficient (Wildman–Crippen LogP) is 4.03. The van der Waals surface area contributed by atoms with Crippen LogP contribution < -0.4 is 14.8 Å². The van der Waals surface area contributed by atoms with Gasteiger partial charge in [0.1, 0.15) is 5.00 Å². The van der Waals surface area contributed by atoms with E-state index in [2.05, 4.69) is 12.2 Å². The Bertz CT molecular complexity index is 904. The number of thiophene rings is 1. The second-order valence-corrected chi connectivity index (χ2v) is 7.90. The van der Waals surface area contributed by atoms with E-state index >= 15 is 0 Å². The van der Waals surface area contributed by atoms with Gasteiger partial charge in [-0.05, 0) is 55.9 Å². The van der Waals surface area contributed by atoms with Crippen LogP contribution in [0.2, 0.25) is 0 Å². The highest BCUT2D eigenvalue weighted by molar-refractivity contribution is 7.17. The summed E-state index contributed by atoms with van der Waals surface area (Å²) >= 11 is 1.48. The number of benzene rings is 1. The summed E-state index contributed by atoms with van der Waals surface area (Å²) in [5.74, 6) is 1.09. The van der Waals surface area contributed by atoms with E-state index in [1.165, 1.54) is 11.3 Å². The van der Waals surface area contributed by atoms with E-state index in [1.54, 1.807) is 25.1 Å². The van der Waals surface area contributed by atoms with Gasteiger partial charge in [0.25, 0.3) is 5.91 Å². The maximum Gasteiger partial charge on any atom is 0.341 e. The van der Waals surface area contributed by atoms with Crippen molar-refractivity contribution in [2.24, 2.45) is 5.92 Å². The van der Waals surface area contributed by atoms with Crippen molar-refractivity contribution in [1.29, 1.82) is 0 Å². The first-order valence-corrected chi connectivity index (χ1v) is 9.91. The minimum atomic E-state index is -0.370. The number of hydrogen-bond donors (Lipinski definition) is 1. The van der Waals surface area contributed by atoms with Gasteiger partial charge in [-0.1, -0.05) is 6.92 Å². The SMILES string of the molecule is CCOC(=O)c1c(NC(=O)c2ccc3c(c2)OCO3)sc2c1CC[C@@H](C)C2. The van der Waals surface area contributed by atoms with Crippen LogP contribution in [0.25, 0.3) is 0 Å². The van der Waals surface area contributed by atoms with Crippen molar-refractivity contribution in [3.8, 4) is 11.5 Å². The Morgan fingerprint density at radius 2 is 2.11 bits per heavy atom. The van der Waals surface area contributed by atoms with E-state index in [1.807, 2.05) is 0 Å². The van der Waals surface area contributed by atoms with Crippen molar-refractivity contribution in [1.82, 2.24) is 0 Å². The number of fused-ring (bicyclic) bond motifs is 2. The molecule has 1 atom stereocenters. The average Bonchev–Trinajstić information content (AvgIpc) is 3.24. The lowest BCUT2D eigenvalue weighted by Gasteiger charge is -2.18. The molecule has 1 aliphatic heterocycles. The first-order chi connectivity index (χ1) is 13.1. The maximum absolute atomic E-state index is 12.8. The van der Waals surface area contributed by atoms with Crippen molar-refractivity contribution < 1.29 is 23.8 Å². The molecule has 2 aromatic rings. The topological polar surface area (TPSA) is 73.9 Å². The molecule has 1 aromatic carbocycles. The van der Waals surface area contributed by atoms with Crippen molar-refractivity contribution in [2.45, 2.75) is 33.1 Å². The number of hydrogen-bond acceptors (Lipinski definition) is 6. The largest absolute Gasteiger partial charge is 0.462 e. The van der Waals surface area contributed by atoms with Crippen LogP contribution in [0, 0.1) is 5.92 Å². The molecule has 0 fully saturated rings. The third-order valence-electron chi connectivity index (χ3n) is 4.85. The molecule has 1 aliphatic carbocycles. The van der Waals surface area contributed by atoms with Gasteiger partial charge in [0.2, 0.25) is 6.79 Å². The zero-order chi connectivity index (χ0) is 19.0. The standard InChI is InChI=1S/C20H21NO5S/c1-3-24-20(23)17-13-6-4-11(2)8-16(13)27-19(17)21-18(22)12-5-7-14-15(9-12)26-10-25-14/h5,7,9,11H,3-4,6,8,10H2,1-2H3,(H,21,22)/t11-/m1/s1. The molecule has 0 bridgehead atoms. The average molecular weight is 387 g/mol. The van der Waals surface area contributed by atoms with Crippen LogP contribution in [0.4, 0.5) is 5.00 Å². The highest BCUT2D eigenvalue weighted by Crippen LogP contribution is 2.40. The van der Waals surface area contributed by atoms with E-state index in [4.69, 9.17) is 14.2 Å². The van der Waals surface area contributed by atoms with Crippen molar-refractivity contribution in [3.63, 3.8) is 0 Å². The van der Waals surface area contributed by atoms with Gasteiger partial charge in [0.15, 0.2) is 11.5 Å². The number of ether oxygens (including phenoxy) is 3. The lowest BCUT2D eigenvalue weighted by Crippen LogP contribution is -2.16. The molecule has 1 amide bonds. The first kappa shape index (κ1) is 17.9. The van der Waals surface area contributed by atoms with E-state index in [0.29, 0.717) is 40.2 Å². The Kier molecular flexibility index (Phi) is 4.78. The molecular weight excluding hydrogens is 366 g/mol. The monoisotopic (exact) mass is 387 g/mol. The van der Waals surface area contributed by atoms with Crippen molar-refractivity contribution >= 4 is 28.2 Å². The fraction of sp³-hybridized carbons (Fsp3) is 0.400. The van der Waals surface area contributed by atoms with E-state index in [-0.39, 0.29) is 18.7 Å². The van der Waals surface area contributed by atoms with Gasteiger partial charge in [-0.25, -0.2) is 4.79 Å². The molecular formula is C20H21NO5S. The Balaban J connectivity index is 1.64.